The number of rotatable bonds is 9. The zero-order valence-corrected chi connectivity index (χ0v) is 21.8. The highest BCUT2D eigenvalue weighted by Gasteiger charge is 2.35. The van der Waals surface area contributed by atoms with Crippen molar-refractivity contribution in [2.75, 3.05) is 26.9 Å². The normalized spacial score (nSPS) is 14.8. The minimum atomic E-state index is -0.525. The van der Waals surface area contributed by atoms with Gasteiger partial charge in [-0.15, -0.1) is 0 Å². The molecule has 0 unspecified atom stereocenters. The van der Waals surface area contributed by atoms with Crippen molar-refractivity contribution in [2.45, 2.75) is 26.7 Å². The van der Waals surface area contributed by atoms with Crippen LogP contribution in [0.4, 0.5) is 4.79 Å². The number of hydrogen-bond donors (Lipinski definition) is 0. The average Bonchev–Trinajstić information content (AvgIpc) is 3.05. The summed E-state index contributed by atoms with van der Waals surface area (Å²) in [5.41, 5.74) is 2.71. The molecule has 1 saturated heterocycles. The zero-order chi connectivity index (χ0) is 24.8. The van der Waals surface area contributed by atoms with Gasteiger partial charge in [0.25, 0.3) is 11.1 Å². The van der Waals surface area contributed by atoms with E-state index in [2.05, 4.69) is 34.5 Å². The Balaban J connectivity index is 1.71. The Morgan fingerprint density at radius 3 is 2.59 bits per heavy atom. The van der Waals surface area contributed by atoms with Crippen molar-refractivity contribution in [1.29, 1.82) is 0 Å². The molecule has 0 saturated carbocycles. The monoisotopic (exact) mass is 547 g/mol. The predicted molar refractivity (Wildman–Crippen MR) is 135 cm³/mol. The third-order valence-corrected chi connectivity index (χ3v) is 6.47. The second-order valence-electron chi connectivity index (χ2n) is 7.92. The lowest BCUT2D eigenvalue weighted by molar-refractivity contribution is -0.142. The van der Waals surface area contributed by atoms with Crippen LogP contribution in [-0.4, -0.2) is 48.9 Å². The first-order valence-corrected chi connectivity index (χ1v) is 12.3. The van der Waals surface area contributed by atoms with Gasteiger partial charge >= 0.3 is 5.97 Å². The summed E-state index contributed by atoms with van der Waals surface area (Å²) in [6.45, 7) is 6.22. The molecule has 1 aliphatic heterocycles. The standard InChI is InChI=1S/C25H26BrNO6S/c1-15(2)19-7-5-16(3)11-21(19)32-10-9-27-24(29)22(34-25(27)30)13-17-12-18(26)6-8-20(17)33-14-23(28)31-4/h5-8,11-13,15H,9-10,14H2,1-4H3/b22-13-. The molecular formula is C25H26BrNO6S. The van der Waals surface area contributed by atoms with Crippen LogP contribution in [0.25, 0.3) is 6.08 Å². The van der Waals surface area contributed by atoms with Crippen LogP contribution >= 0.6 is 27.7 Å². The zero-order valence-electron chi connectivity index (χ0n) is 19.4. The highest BCUT2D eigenvalue weighted by Crippen LogP contribution is 2.35. The first-order valence-electron chi connectivity index (χ1n) is 10.7. The number of esters is 1. The summed E-state index contributed by atoms with van der Waals surface area (Å²) in [4.78, 5) is 38.3. The molecule has 1 aliphatic rings. The van der Waals surface area contributed by atoms with Crippen molar-refractivity contribution in [3.8, 4) is 11.5 Å². The fourth-order valence-electron chi connectivity index (χ4n) is 3.28. The smallest absolute Gasteiger partial charge is 0.343 e. The topological polar surface area (TPSA) is 82.1 Å². The third-order valence-electron chi connectivity index (χ3n) is 5.07. The fraction of sp³-hybridized carbons (Fsp3) is 0.320. The number of hydrogen-bond acceptors (Lipinski definition) is 7. The van der Waals surface area contributed by atoms with E-state index < -0.39 is 11.9 Å². The molecule has 0 aromatic heterocycles. The highest BCUT2D eigenvalue weighted by atomic mass is 79.9. The summed E-state index contributed by atoms with van der Waals surface area (Å²) in [5.74, 6) is 0.522. The number of ether oxygens (including phenoxy) is 3. The SMILES string of the molecule is COC(=O)COc1ccc(Br)cc1/C=C1\SC(=O)N(CCOc2cc(C)ccc2C(C)C)C1=O. The minimum Gasteiger partial charge on any atom is -0.491 e. The molecule has 180 valence electrons. The van der Waals surface area contributed by atoms with Crippen molar-refractivity contribution in [2.24, 2.45) is 0 Å². The van der Waals surface area contributed by atoms with Gasteiger partial charge in [0.15, 0.2) is 6.61 Å². The number of aryl methyl sites for hydroxylation is 1. The summed E-state index contributed by atoms with van der Waals surface area (Å²) >= 11 is 4.25. The Morgan fingerprint density at radius 2 is 1.88 bits per heavy atom. The molecule has 3 rings (SSSR count). The number of benzene rings is 2. The van der Waals surface area contributed by atoms with Crippen LogP contribution in [0.15, 0.2) is 45.8 Å². The number of amides is 2. The Kier molecular flexibility index (Phi) is 8.79. The van der Waals surface area contributed by atoms with Gasteiger partial charge in [0.2, 0.25) is 0 Å². The second-order valence-corrected chi connectivity index (χ2v) is 9.83. The first kappa shape index (κ1) is 25.8. The summed E-state index contributed by atoms with van der Waals surface area (Å²) in [5, 5.41) is -0.361. The van der Waals surface area contributed by atoms with Gasteiger partial charge in [0.05, 0.1) is 18.6 Å². The Bertz CT molecular complexity index is 1130. The van der Waals surface area contributed by atoms with Gasteiger partial charge in [-0.2, -0.15) is 0 Å². The molecule has 2 aromatic carbocycles. The molecule has 0 atom stereocenters. The Morgan fingerprint density at radius 1 is 1.12 bits per heavy atom. The third kappa shape index (κ3) is 6.42. The maximum Gasteiger partial charge on any atom is 0.343 e. The van der Waals surface area contributed by atoms with E-state index in [0.717, 1.165) is 33.1 Å². The van der Waals surface area contributed by atoms with Crippen molar-refractivity contribution in [1.82, 2.24) is 4.90 Å². The number of halogens is 1. The van der Waals surface area contributed by atoms with Crippen molar-refractivity contribution < 1.29 is 28.6 Å². The summed E-state index contributed by atoms with van der Waals surface area (Å²) in [6, 6.07) is 11.2. The van der Waals surface area contributed by atoms with E-state index in [-0.39, 0.29) is 35.8 Å². The average molecular weight is 548 g/mol. The van der Waals surface area contributed by atoms with Crippen LogP contribution in [-0.2, 0) is 14.3 Å². The molecule has 34 heavy (non-hydrogen) atoms. The Hall–Kier alpha value is -2.78. The molecule has 1 heterocycles. The maximum absolute atomic E-state index is 12.9. The maximum atomic E-state index is 12.9. The van der Waals surface area contributed by atoms with Crippen molar-refractivity contribution in [3.05, 3.63) is 62.5 Å². The second kappa shape index (κ2) is 11.6. The first-order chi connectivity index (χ1) is 16.2. The molecule has 0 radical (unpaired) electrons. The number of thioether (sulfide) groups is 1. The van der Waals surface area contributed by atoms with Crippen LogP contribution in [0.1, 0.15) is 36.5 Å². The predicted octanol–water partition coefficient (Wildman–Crippen LogP) is 5.55. The van der Waals surface area contributed by atoms with Gasteiger partial charge in [-0.25, -0.2) is 4.79 Å². The number of carbonyl (C=O) groups excluding carboxylic acids is 3. The quantitative estimate of drug-likeness (QED) is 0.300. The molecule has 7 nitrogen and oxygen atoms in total. The summed E-state index contributed by atoms with van der Waals surface area (Å²) < 4.78 is 16.8. The van der Waals surface area contributed by atoms with E-state index in [4.69, 9.17) is 9.47 Å². The van der Waals surface area contributed by atoms with E-state index in [1.807, 2.05) is 25.1 Å². The minimum absolute atomic E-state index is 0.137. The lowest BCUT2D eigenvalue weighted by Crippen LogP contribution is -2.32. The largest absolute Gasteiger partial charge is 0.491 e. The van der Waals surface area contributed by atoms with Crippen LogP contribution in [0.3, 0.4) is 0 Å². The molecule has 1 fully saturated rings. The molecule has 2 aromatic rings. The summed E-state index contributed by atoms with van der Waals surface area (Å²) in [7, 11) is 1.27. The van der Waals surface area contributed by atoms with Crippen molar-refractivity contribution >= 4 is 50.9 Å². The highest BCUT2D eigenvalue weighted by molar-refractivity contribution is 9.10. The molecule has 0 N–H and O–H groups in total. The van der Waals surface area contributed by atoms with Gasteiger partial charge in [-0.1, -0.05) is 41.9 Å². The summed E-state index contributed by atoms with van der Waals surface area (Å²) in [6.07, 6.45) is 1.58. The molecule has 0 bridgehead atoms. The number of carbonyl (C=O) groups is 3. The lowest BCUT2D eigenvalue weighted by atomic mass is 10.0. The van der Waals surface area contributed by atoms with Crippen LogP contribution in [0, 0.1) is 6.92 Å². The fourth-order valence-corrected chi connectivity index (χ4v) is 4.52. The Labute approximate surface area is 211 Å². The lowest BCUT2D eigenvalue weighted by Gasteiger charge is -2.17. The molecule has 0 spiro atoms. The van der Waals surface area contributed by atoms with Gasteiger partial charge in [0, 0.05) is 10.0 Å². The van der Waals surface area contributed by atoms with Gasteiger partial charge in [-0.3, -0.25) is 14.5 Å². The van der Waals surface area contributed by atoms with Crippen LogP contribution < -0.4 is 9.47 Å². The van der Waals surface area contributed by atoms with Crippen LogP contribution in [0.2, 0.25) is 0 Å². The molecule has 9 heteroatoms. The molecule has 2 amide bonds. The van der Waals surface area contributed by atoms with Crippen LogP contribution in [0.5, 0.6) is 11.5 Å². The molecular weight excluding hydrogens is 522 g/mol. The van der Waals surface area contributed by atoms with Crippen molar-refractivity contribution in [3.63, 3.8) is 0 Å². The van der Waals surface area contributed by atoms with E-state index in [1.165, 1.54) is 12.0 Å². The van der Waals surface area contributed by atoms with Gasteiger partial charge in [-0.05, 0) is 66.1 Å². The molecule has 0 aliphatic carbocycles. The number of imide groups is 1. The van der Waals surface area contributed by atoms with E-state index in [0.29, 0.717) is 11.3 Å². The number of methoxy groups -OCH3 is 1. The van der Waals surface area contributed by atoms with E-state index in [1.54, 1.807) is 24.3 Å². The van der Waals surface area contributed by atoms with E-state index >= 15 is 0 Å². The van der Waals surface area contributed by atoms with Gasteiger partial charge < -0.3 is 14.2 Å². The van der Waals surface area contributed by atoms with E-state index in [9.17, 15) is 14.4 Å². The number of nitrogens with zero attached hydrogens (tertiary/aromatic N) is 1. The van der Waals surface area contributed by atoms with Gasteiger partial charge in [0.1, 0.15) is 18.1 Å².